The summed E-state index contributed by atoms with van der Waals surface area (Å²) in [5.74, 6) is 0.216. The van der Waals surface area contributed by atoms with E-state index >= 15 is 0 Å². The summed E-state index contributed by atoms with van der Waals surface area (Å²) in [4.78, 5) is 15.5. The van der Waals surface area contributed by atoms with Crippen LogP contribution in [0.4, 0.5) is 10.1 Å². The highest BCUT2D eigenvalue weighted by atomic mass is 19.1. The summed E-state index contributed by atoms with van der Waals surface area (Å²) in [6.07, 6.45) is 0.563. The average Bonchev–Trinajstić information content (AvgIpc) is 2.80. The van der Waals surface area contributed by atoms with E-state index in [1.165, 1.54) is 12.1 Å². The number of allylic oxidation sites excluding steroid dienone is 1. The molecule has 0 aromatic heterocycles. The van der Waals surface area contributed by atoms with E-state index in [-0.39, 0.29) is 17.5 Å². The number of amides is 1. The van der Waals surface area contributed by atoms with Crippen molar-refractivity contribution in [2.24, 2.45) is 0 Å². The zero-order chi connectivity index (χ0) is 23.8. The number of aromatic hydroxyl groups is 1. The molecule has 0 spiro atoms. The van der Waals surface area contributed by atoms with Gasteiger partial charge in [0.15, 0.2) is 0 Å². The van der Waals surface area contributed by atoms with Crippen LogP contribution in [0, 0.1) is 5.82 Å². The van der Waals surface area contributed by atoms with Crippen molar-refractivity contribution in [1.82, 2.24) is 4.90 Å². The smallest absolute Gasteiger partial charge is 0.256 e. The molecule has 6 heteroatoms. The van der Waals surface area contributed by atoms with E-state index < -0.39 is 0 Å². The molecule has 172 valence electrons. The fourth-order valence-electron chi connectivity index (χ4n) is 3.42. The second-order valence-corrected chi connectivity index (χ2v) is 7.89. The zero-order valence-corrected chi connectivity index (χ0v) is 19.1. The number of rotatable bonds is 9. The van der Waals surface area contributed by atoms with E-state index in [1.807, 2.05) is 38.1 Å². The molecular formula is C27H29FN2O3. The Labute approximate surface area is 194 Å². The number of anilines is 1. The van der Waals surface area contributed by atoms with E-state index in [2.05, 4.69) is 5.32 Å². The fourth-order valence-corrected chi connectivity index (χ4v) is 3.42. The van der Waals surface area contributed by atoms with Gasteiger partial charge in [-0.05, 0) is 85.7 Å². The number of ether oxygens (including phenoxy) is 1. The monoisotopic (exact) mass is 448 g/mol. The van der Waals surface area contributed by atoms with Gasteiger partial charge in [-0.2, -0.15) is 0 Å². The van der Waals surface area contributed by atoms with Gasteiger partial charge in [-0.25, -0.2) is 4.39 Å². The molecule has 0 aliphatic heterocycles. The summed E-state index contributed by atoms with van der Waals surface area (Å²) in [6, 6.07) is 19.8. The zero-order valence-electron chi connectivity index (χ0n) is 19.1. The van der Waals surface area contributed by atoms with Crippen LogP contribution in [0.3, 0.4) is 0 Å². The molecule has 0 unspecified atom stereocenters. The third kappa shape index (κ3) is 6.67. The van der Waals surface area contributed by atoms with Crippen molar-refractivity contribution in [2.45, 2.75) is 13.3 Å². The van der Waals surface area contributed by atoms with Crippen molar-refractivity contribution < 1.29 is 19.0 Å². The molecule has 0 fully saturated rings. The van der Waals surface area contributed by atoms with Gasteiger partial charge in [-0.15, -0.1) is 0 Å². The van der Waals surface area contributed by atoms with Crippen molar-refractivity contribution in [2.75, 3.05) is 32.6 Å². The number of benzene rings is 3. The van der Waals surface area contributed by atoms with Crippen molar-refractivity contribution in [1.29, 1.82) is 0 Å². The van der Waals surface area contributed by atoms with Crippen molar-refractivity contribution >= 4 is 22.7 Å². The van der Waals surface area contributed by atoms with Gasteiger partial charge in [0.2, 0.25) is 0 Å². The van der Waals surface area contributed by atoms with Crippen LogP contribution >= 0.6 is 0 Å². The summed E-state index contributed by atoms with van der Waals surface area (Å²) in [7, 11) is 3.97. The summed E-state index contributed by atoms with van der Waals surface area (Å²) in [5.41, 5.74) is 3.31. The largest absolute Gasteiger partial charge is 0.508 e. The number of halogens is 1. The molecule has 0 atom stereocenters. The molecule has 0 heterocycles. The maximum Gasteiger partial charge on any atom is 0.256 e. The number of phenols is 1. The number of hydrogen-bond donors (Lipinski definition) is 2. The molecular weight excluding hydrogens is 419 g/mol. The van der Waals surface area contributed by atoms with Crippen LogP contribution < -0.4 is 10.1 Å². The predicted octanol–water partition coefficient (Wildman–Crippen LogP) is 5.43. The standard InChI is InChI=1S/C27H29FN2O3/c1-4-25(19-5-9-21(28)10-6-19)26(20-7-13-23(31)14-8-20)27(32)29-22-11-15-24(16-12-22)33-18-17-30(2)3/h5-16,31H,4,17-18H2,1-3H3,(H,29,32)/b26-25+. The summed E-state index contributed by atoms with van der Waals surface area (Å²) >= 11 is 0. The Morgan fingerprint density at radius 3 is 2.12 bits per heavy atom. The SMILES string of the molecule is CC/C(=C(\C(=O)Nc1ccc(OCCN(C)C)cc1)c1ccc(O)cc1)c1ccc(F)cc1. The van der Waals surface area contributed by atoms with E-state index in [0.717, 1.165) is 23.4 Å². The second kappa shape index (κ2) is 11.3. The normalized spacial score (nSPS) is 11.8. The molecule has 1 amide bonds. The first-order chi connectivity index (χ1) is 15.9. The molecule has 2 N–H and O–H groups in total. The van der Waals surface area contributed by atoms with E-state index in [0.29, 0.717) is 29.9 Å². The molecule has 0 bridgehead atoms. The Morgan fingerprint density at radius 1 is 0.939 bits per heavy atom. The van der Waals surface area contributed by atoms with E-state index in [1.54, 1.807) is 48.5 Å². The molecule has 3 rings (SSSR count). The third-order valence-corrected chi connectivity index (χ3v) is 5.15. The summed E-state index contributed by atoms with van der Waals surface area (Å²) in [5, 5.41) is 12.7. The highest BCUT2D eigenvalue weighted by Crippen LogP contribution is 2.31. The summed E-state index contributed by atoms with van der Waals surface area (Å²) in [6.45, 7) is 3.33. The lowest BCUT2D eigenvalue weighted by Gasteiger charge is -2.16. The molecule has 0 radical (unpaired) electrons. The highest BCUT2D eigenvalue weighted by Gasteiger charge is 2.19. The molecule has 0 saturated carbocycles. The Bertz CT molecular complexity index is 1090. The Morgan fingerprint density at radius 2 is 1.55 bits per heavy atom. The fraction of sp³-hybridized carbons (Fsp3) is 0.222. The van der Waals surface area contributed by atoms with Crippen LogP contribution in [0.15, 0.2) is 72.8 Å². The quantitative estimate of drug-likeness (QED) is 0.338. The topological polar surface area (TPSA) is 61.8 Å². The third-order valence-electron chi connectivity index (χ3n) is 5.15. The molecule has 0 saturated heterocycles. The maximum absolute atomic E-state index is 13.5. The van der Waals surface area contributed by atoms with Gasteiger partial charge in [-0.1, -0.05) is 31.2 Å². The molecule has 33 heavy (non-hydrogen) atoms. The number of nitrogens with one attached hydrogen (secondary N) is 1. The molecule has 5 nitrogen and oxygen atoms in total. The van der Waals surface area contributed by atoms with Crippen LogP contribution in [0.5, 0.6) is 11.5 Å². The first-order valence-corrected chi connectivity index (χ1v) is 10.8. The van der Waals surface area contributed by atoms with Crippen molar-refractivity contribution in [3.63, 3.8) is 0 Å². The molecule has 3 aromatic rings. The van der Waals surface area contributed by atoms with Gasteiger partial charge in [0, 0.05) is 12.2 Å². The first-order valence-electron chi connectivity index (χ1n) is 10.8. The number of phenolic OH excluding ortho intramolecular Hbond substituents is 1. The molecule has 3 aromatic carbocycles. The predicted molar refractivity (Wildman–Crippen MR) is 131 cm³/mol. The first kappa shape index (κ1) is 24.0. The Kier molecular flexibility index (Phi) is 8.22. The van der Waals surface area contributed by atoms with Gasteiger partial charge in [0.1, 0.15) is 23.9 Å². The van der Waals surface area contributed by atoms with Crippen LogP contribution in [-0.2, 0) is 4.79 Å². The minimum Gasteiger partial charge on any atom is -0.508 e. The van der Waals surface area contributed by atoms with E-state index in [4.69, 9.17) is 4.74 Å². The van der Waals surface area contributed by atoms with Gasteiger partial charge in [-0.3, -0.25) is 4.79 Å². The maximum atomic E-state index is 13.5. The van der Waals surface area contributed by atoms with Crippen LogP contribution in [0.1, 0.15) is 24.5 Å². The van der Waals surface area contributed by atoms with Gasteiger partial charge in [0.05, 0.1) is 5.57 Å². The van der Waals surface area contributed by atoms with Crippen LogP contribution in [-0.4, -0.2) is 43.2 Å². The van der Waals surface area contributed by atoms with Crippen molar-refractivity contribution in [3.05, 3.63) is 89.7 Å². The number of nitrogens with zero attached hydrogens (tertiary/aromatic N) is 1. The van der Waals surface area contributed by atoms with Crippen molar-refractivity contribution in [3.8, 4) is 11.5 Å². The number of hydrogen-bond acceptors (Lipinski definition) is 4. The Hall–Kier alpha value is -3.64. The van der Waals surface area contributed by atoms with Crippen LogP contribution in [0.2, 0.25) is 0 Å². The van der Waals surface area contributed by atoms with Gasteiger partial charge < -0.3 is 20.1 Å². The molecule has 0 aliphatic carbocycles. The van der Waals surface area contributed by atoms with E-state index in [9.17, 15) is 14.3 Å². The number of carbonyl (C=O) groups is 1. The Balaban J connectivity index is 1.90. The van der Waals surface area contributed by atoms with Crippen LogP contribution in [0.25, 0.3) is 11.1 Å². The minimum atomic E-state index is -0.335. The summed E-state index contributed by atoms with van der Waals surface area (Å²) < 4.78 is 19.2. The lowest BCUT2D eigenvalue weighted by molar-refractivity contribution is -0.111. The minimum absolute atomic E-state index is 0.114. The second-order valence-electron chi connectivity index (χ2n) is 7.89. The lowest BCUT2D eigenvalue weighted by Crippen LogP contribution is -2.19. The highest BCUT2D eigenvalue weighted by molar-refractivity contribution is 6.31. The van der Waals surface area contributed by atoms with Gasteiger partial charge >= 0.3 is 0 Å². The lowest BCUT2D eigenvalue weighted by atomic mass is 9.92. The molecule has 0 aliphatic rings. The van der Waals surface area contributed by atoms with Gasteiger partial charge in [0.25, 0.3) is 5.91 Å². The average molecular weight is 449 g/mol. The number of likely N-dealkylation sites (N-methyl/N-ethyl adjacent to an activating group) is 1. The number of carbonyl (C=O) groups excluding carboxylic acids is 1.